The van der Waals surface area contributed by atoms with E-state index in [0.29, 0.717) is 18.3 Å². The van der Waals surface area contributed by atoms with E-state index in [0.717, 1.165) is 51.6 Å². The number of halogens is 1. The molecule has 1 saturated carbocycles. The van der Waals surface area contributed by atoms with Crippen LogP contribution in [0.2, 0.25) is 0 Å². The molecular weight excluding hydrogens is 307 g/mol. The van der Waals surface area contributed by atoms with Gasteiger partial charge in [0.2, 0.25) is 5.91 Å². The van der Waals surface area contributed by atoms with Gasteiger partial charge in [0.25, 0.3) is 0 Å². The van der Waals surface area contributed by atoms with Crippen LogP contribution >= 0.6 is 0 Å². The fourth-order valence-corrected chi connectivity index (χ4v) is 3.90. The summed E-state index contributed by atoms with van der Waals surface area (Å²) in [5.41, 5.74) is 5.74. The van der Waals surface area contributed by atoms with Crippen molar-refractivity contribution in [1.29, 1.82) is 0 Å². The second-order valence-corrected chi connectivity index (χ2v) is 7.05. The molecule has 1 aromatic carbocycles. The smallest absolute Gasteiger partial charge is 0.226 e. The molecule has 0 spiro atoms. The quantitative estimate of drug-likeness (QED) is 0.901. The molecule has 5 heteroatoms. The first-order chi connectivity index (χ1) is 11.7. The Morgan fingerprint density at radius 3 is 2.54 bits per heavy atom. The Balaban J connectivity index is 1.53. The van der Waals surface area contributed by atoms with E-state index in [1.165, 1.54) is 12.1 Å². The second kappa shape index (κ2) is 7.97. The van der Waals surface area contributed by atoms with Gasteiger partial charge in [-0.1, -0.05) is 0 Å². The molecule has 2 aliphatic rings. The first-order valence-electron chi connectivity index (χ1n) is 9.06. The number of ether oxygens (including phenoxy) is 1. The van der Waals surface area contributed by atoms with Gasteiger partial charge in [0, 0.05) is 12.5 Å². The van der Waals surface area contributed by atoms with E-state index in [4.69, 9.17) is 10.5 Å². The molecule has 0 unspecified atom stereocenters. The standard InChI is InChI=1S/C19H27FN2O2/c20-16-7-9-18(10-8-16)24-13-17-2-1-11-22(17)19(23)15-5-3-14(12-21)4-6-15/h7-10,14-15,17H,1-6,11-13,21H2/t14?,15?,17-/m0/s1. The summed E-state index contributed by atoms with van der Waals surface area (Å²) in [7, 11) is 0. The maximum atomic E-state index is 12.9. The van der Waals surface area contributed by atoms with Crippen molar-refractivity contribution >= 4 is 5.91 Å². The maximum Gasteiger partial charge on any atom is 0.226 e. The molecule has 1 aromatic rings. The summed E-state index contributed by atoms with van der Waals surface area (Å²) in [6.45, 7) is 2.04. The predicted octanol–water partition coefficient (Wildman–Crippen LogP) is 2.96. The van der Waals surface area contributed by atoms with E-state index < -0.39 is 0 Å². The van der Waals surface area contributed by atoms with Gasteiger partial charge in [0.05, 0.1) is 6.04 Å². The minimum atomic E-state index is -0.270. The van der Waals surface area contributed by atoms with Crippen molar-refractivity contribution < 1.29 is 13.9 Å². The summed E-state index contributed by atoms with van der Waals surface area (Å²) in [4.78, 5) is 14.9. The van der Waals surface area contributed by atoms with Crippen LogP contribution in [0.5, 0.6) is 5.75 Å². The Hall–Kier alpha value is -1.62. The summed E-state index contributed by atoms with van der Waals surface area (Å²) in [5.74, 6) is 1.41. The number of hydrogen-bond donors (Lipinski definition) is 1. The van der Waals surface area contributed by atoms with Crippen molar-refractivity contribution in [3.63, 3.8) is 0 Å². The van der Waals surface area contributed by atoms with Crippen molar-refractivity contribution in [3.8, 4) is 5.75 Å². The summed E-state index contributed by atoms with van der Waals surface area (Å²) in [6, 6.07) is 6.18. The number of carbonyl (C=O) groups excluding carboxylic acids is 1. The molecule has 2 N–H and O–H groups in total. The average molecular weight is 334 g/mol. The van der Waals surface area contributed by atoms with E-state index >= 15 is 0 Å². The molecule has 24 heavy (non-hydrogen) atoms. The zero-order chi connectivity index (χ0) is 16.9. The number of benzene rings is 1. The molecule has 1 amide bonds. The molecule has 0 bridgehead atoms. The molecule has 132 valence electrons. The van der Waals surface area contributed by atoms with Gasteiger partial charge < -0.3 is 15.4 Å². The van der Waals surface area contributed by atoms with E-state index in [-0.39, 0.29) is 23.7 Å². The molecular formula is C19H27FN2O2. The fraction of sp³-hybridized carbons (Fsp3) is 0.632. The third kappa shape index (κ3) is 4.07. The number of hydrogen-bond acceptors (Lipinski definition) is 3. The van der Waals surface area contributed by atoms with Crippen LogP contribution in [0.3, 0.4) is 0 Å². The zero-order valence-corrected chi connectivity index (χ0v) is 14.1. The molecule has 1 heterocycles. The van der Waals surface area contributed by atoms with E-state index in [9.17, 15) is 9.18 Å². The lowest BCUT2D eigenvalue weighted by Crippen LogP contribution is -2.43. The van der Waals surface area contributed by atoms with Crippen LogP contribution in [-0.2, 0) is 4.79 Å². The molecule has 0 aromatic heterocycles. The monoisotopic (exact) mass is 334 g/mol. The predicted molar refractivity (Wildman–Crippen MR) is 91.1 cm³/mol. The van der Waals surface area contributed by atoms with Gasteiger partial charge in [-0.25, -0.2) is 4.39 Å². The molecule has 0 radical (unpaired) electrons. The third-order valence-corrected chi connectivity index (χ3v) is 5.45. The minimum Gasteiger partial charge on any atom is -0.491 e. The highest BCUT2D eigenvalue weighted by atomic mass is 19.1. The van der Waals surface area contributed by atoms with Crippen molar-refractivity contribution in [1.82, 2.24) is 4.90 Å². The molecule has 2 fully saturated rings. The molecule has 1 saturated heterocycles. The highest BCUT2D eigenvalue weighted by Crippen LogP contribution is 2.31. The highest BCUT2D eigenvalue weighted by molar-refractivity contribution is 5.79. The topological polar surface area (TPSA) is 55.6 Å². The molecule has 4 nitrogen and oxygen atoms in total. The van der Waals surface area contributed by atoms with Crippen LogP contribution in [0, 0.1) is 17.7 Å². The number of nitrogens with zero attached hydrogens (tertiary/aromatic N) is 1. The van der Waals surface area contributed by atoms with Crippen molar-refractivity contribution in [3.05, 3.63) is 30.1 Å². The van der Waals surface area contributed by atoms with Crippen molar-refractivity contribution in [2.75, 3.05) is 19.7 Å². The van der Waals surface area contributed by atoms with E-state index in [2.05, 4.69) is 0 Å². The van der Waals surface area contributed by atoms with Gasteiger partial charge in [-0.05, 0) is 75.3 Å². The summed E-state index contributed by atoms with van der Waals surface area (Å²) >= 11 is 0. The van der Waals surface area contributed by atoms with Crippen molar-refractivity contribution in [2.24, 2.45) is 17.6 Å². The first-order valence-corrected chi connectivity index (χ1v) is 9.06. The lowest BCUT2D eigenvalue weighted by Gasteiger charge is -2.32. The molecule has 1 atom stereocenters. The summed E-state index contributed by atoms with van der Waals surface area (Å²) < 4.78 is 18.7. The summed E-state index contributed by atoms with van der Waals surface area (Å²) in [6.07, 6.45) is 6.06. The summed E-state index contributed by atoms with van der Waals surface area (Å²) in [5, 5.41) is 0. The Labute approximate surface area is 143 Å². The van der Waals surface area contributed by atoms with Crippen LogP contribution in [0.4, 0.5) is 4.39 Å². The van der Waals surface area contributed by atoms with Crippen LogP contribution in [0.15, 0.2) is 24.3 Å². The van der Waals surface area contributed by atoms with Gasteiger partial charge in [-0.2, -0.15) is 0 Å². The Morgan fingerprint density at radius 2 is 1.88 bits per heavy atom. The largest absolute Gasteiger partial charge is 0.491 e. The van der Waals surface area contributed by atoms with Crippen LogP contribution in [0.25, 0.3) is 0 Å². The second-order valence-electron chi connectivity index (χ2n) is 7.05. The molecule has 3 rings (SSSR count). The van der Waals surface area contributed by atoms with E-state index in [1.807, 2.05) is 4.90 Å². The number of rotatable bonds is 5. The van der Waals surface area contributed by atoms with Crippen LogP contribution < -0.4 is 10.5 Å². The van der Waals surface area contributed by atoms with E-state index in [1.54, 1.807) is 12.1 Å². The molecule has 1 aliphatic heterocycles. The first kappa shape index (κ1) is 17.2. The SMILES string of the molecule is NCC1CCC(C(=O)N2CCC[C@H]2COc2ccc(F)cc2)CC1. The number of likely N-dealkylation sites (tertiary alicyclic amines) is 1. The Kier molecular flexibility index (Phi) is 5.72. The van der Waals surface area contributed by atoms with Gasteiger partial charge >= 0.3 is 0 Å². The van der Waals surface area contributed by atoms with Crippen molar-refractivity contribution in [2.45, 2.75) is 44.6 Å². The maximum absolute atomic E-state index is 12.9. The minimum absolute atomic E-state index is 0.134. The number of nitrogens with two attached hydrogens (primary N) is 1. The molecule has 1 aliphatic carbocycles. The highest BCUT2D eigenvalue weighted by Gasteiger charge is 2.35. The lowest BCUT2D eigenvalue weighted by molar-refractivity contribution is -0.138. The van der Waals surface area contributed by atoms with Gasteiger partial charge in [0.15, 0.2) is 0 Å². The number of amides is 1. The fourth-order valence-electron chi connectivity index (χ4n) is 3.90. The van der Waals surface area contributed by atoms with Crippen LogP contribution in [-0.4, -0.2) is 36.5 Å². The van der Waals surface area contributed by atoms with Crippen LogP contribution in [0.1, 0.15) is 38.5 Å². The van der Waals surface area contributed by atoms with Gasteiger partial charge in [0.1, 0.15) is 18.2 Å². The average Bonchev–Trinajstić information content (AvgIpc) is 3.09. The zero-order valence-electron chi connectivity index (χ0n) is 14.1. The Morgan fingerprint density at radius 1 is 1.17 bits per heavy atom. The lowest BCUT2D eigenvalue weighted by atomic mass is 9.81. The third-order valence-electron chi connectivity index (χ3n) is 5.45. The van der Waals surface area contributed by atoms with Gasteiger partial charge in [-0.15, -0.1) is 0 Å². The normalized spacial score (nSPS) is 27.2. The van der Waals surface area contributed by atoms with Gasteiger partial charge in [-0.3, -0.25) is 4.79 Å². The number of carbonyl (C=O) groups is 1. The Bertz CT molecular complexity index is 541.